The highest BCUT2D eigenvalue weighted by Gasteiger charge is 2.28. The van der Waals surface area contributed by atoms with E-state index < -0.39 is 11.4 Å². The molecule has 0 aliphatic rings. The van der Waals surface area contributed by atoms with Crippen LogP contribution in [-0.2, 0) is 5.60 Å². The Hall–Kier alpha value is -1.13. The Balaban J connectivity index is 3.14. The molecule has 3 nitrogen and oxygen atoms in total. The Morgan fingerprint density at radius 2 is 2.20 bits per heavy atom. The first-order valence-corrected chi connectivity index (χ1v) is 4.84. The van der Waals surface area contributed by atoms with Crippen molar-refractivity contribution in [3.8, 4) is 5.75 Å². The summed E-state index contributed by atoms with van der Waals surface area (Å²) in [6, 6.07) is 4.35. The van der Waals surface area contributed by atoms with Crippen LogP contribution in [0, 0.1) is 5.82 Å². The van der Waals surface area contributed by atoms with E-state index >= 15 is 0 Å². The Morgan fingerprint density at radius 3 is 2.60 bits per heavy atom. The zero-order valence-electron chi connectivity index (χ0n) is 8.96. The summed E-state index contributed by atoms with van der Waals surface area (Å²) in [6.07, 6.45) is 0.368. The van der Waals surface area contributed by atoms with Gasteiger partial charge in [-0.15, -0.1) is 0 Å². The van der Waals surface area contributed by atoms with Crippen molar-refractivity contribution in [3.63, 3.8) is 0 Å². The second-order valence-corrected chi connectivity index (χ2v) is 3.44. The molecule has 0 fully saturated rings. The number of hydrogen-bond donors (Lipinski definition) is 2. The van der Waals surface area contributed by atoms with Gasteiger partial charge in [-0.05, 0) is 18.6 Å². The van der Waals surface area contributed by atoms with E-state index in [4.69, 9.17) is 10.5 Å². The van der Waals surface area contributed by atoms with E-state index in [9.17, 15) is 9.50 Å². The number of halogens is 1. The molecule has 1 atom stereocenters. The lowest BCUT2D eigenvalue weighted by Crippen LogP contribution is -2.35. The minimum absolute atomic E-state index is 0.00719. The van der Waals surface area contributed by atoms with Crippen LogP contribution in [0.3, 0.4) is 0 Å². The largest absolute Gasteiger partial charge is 0.497 e. The van der Waals surface area contributed by atoms with E-state index in [1.54, 1.807) is 13.0 Å². The number of benzene rings is 1. The fourth-order valence-electron chi connectivity index (χ4n) is 1.44. The molecule has 1 rings (SSSR count). The van der Waals surface area contributed by atoms with Gasteiger partial charge in [-0.1, -0.05) is 6.92 Å². The molecular formula is C11H16FNO2. The molecule has 0 saturated heterocycles. The minimum Gasteiger partial charge on any atom is -0.497 e. The van der Waals surface area contributed by atoms with Crippen LogP contribution in [-0.4, -0.2) is 18.8 Å². The van der Waals surface area contributed by atoms with Gasteiger partial charge in [-0.25, -0.2) is 4.39 Å². The number of hydrogen-bond acceptors (Lipinski definition) is 3. The number of ether oxygens (including phenoxy) is 1. The zero-order chi connectivity index (χ0) is 11.5. The molecule has 0 spiro atoms. The van der Waals surface area contributed by atoms with Crippen molar-refractivity contribution in [1.29, 1.82) is 0 Å². The smallest absolute Gasteiger partial charge is 0.133 e. The van der Waals surface area contributed by atoms with E-state index in [1.807, 2.05) is 0 Å². The van der Waals surface area contributed by atoms with Crippen LogP contribution >= 0.6 is 0 Å². The standard InChI is InChI=1S/C11H16FNO2/c1-3-11(14,7-13)9-5-4-8(15-2)6-10(9)12/h4-6,14H,3,7,13H2,1-2H3. The first-order valence-electron chi connectivity index (χ1n) is 4.84. The molecule has 3 N–H and O–H groups in total. The SMILES string of the molecule is CCC(O)(CN)c1ccc(OC)cc1F. The fourth-order valence-corrected chi connectivity index (χ4v) is 1.44. The molecule has 0 amide bonds. The van der Waals surface area contributed by atoms with Crippen LogP contribution in [0.5, 0.6) is 5.75 Å². The first-order chi connectivity index (χ1) is 7.07. The van der Waals surface area contributed by atoms with Gasteiger partial charge in [0.2, 0.25) is 0 Å². The molecule has 0 radical (unpaired) electrons. The maximum Gasteiger partial charge on any atom is 0.133 e. The molecule has 1 aromatic carbocycles. The van der Waals surface area contributed by atoms with Crippen LogP contribution in [0.4, 0.5) is 4.39 Å². The molecule has 4 heteroatoms. The molecule has 1 aromatic rings. The maximum absolute atomic E-state index is 13.6. The Bertz CT molecular complexity index is 337. The average molecular weight is 213 g/mol. The third kappa shape index (κ3) is 2.27. The summed E-state index contributed by atoms with van der Waals surface area (Å²) in [7, 11) is 1.46. The normalized spacial score (nSPS) is 14.7. The van der Waals surface area contributed by atoms with Gasteiger partial charge in [-0.2, -0.15) is 0 Å². The summed E-state index contributed by atoms with van der Waals surface area (Å²) < 4.78 is 18.5. The topological polar surface area (TPSA) is 55.5 Å². The maximum atomic E-state index is 13.6. The predicted octanol–water partition coefficient (Wildman–Crippen LogP) is 1.39. The monoisotopic (exact) mass is 213 g/mol. The number of methoxy groups -OCH3 is 1. The Kier molecular flexibility index (Phi) is 3.66. The molecule has 15 heavy (non-hydrogen) atoms. The van der Waals surface area contributed by atoms with Crippen molar-refractivity contribution < 1.29 is 14.2 Å². The first kappa shape index (κ1) is 11.9. The highest BCUT2D eigenvalue weighted by atomic mass is 19.1. The van der Waals surface area contributed by atoms with Gasteiger partial charge in [0.25, 0.3) is 0 Å². The summed E-state index contributed by atoms with van der Waals surface area (Å²) >= 11 is 0. The van der Waals surface area contributed by atoms with Crippen molar-refractivity contribution in [3.05, 3.63) is 29.6 Å². The van der Waals surface area contributed by atoms with E-state index in [0.717, 1.165) is 0 Å². The summed E-state index contributed by atoms with van der Waals surface area (Å²) in [5.41, 5.74) is 4.36. The van der Waals surface area contributed by atoms with E-state index in [1.165, 1.54) is 19.2 Å². The molecule has 0 bridgehead atoms. The van der Waals surface area contributed by atoms with Crippen molar-refractivity contribution in [2.24, 2.45) is 5.73 Å². The number of aliphatic hydroxyl groups is 1. The lowest BCUT2D eigenvalue weighted by Gasteiger charge is -2.26. The fraction of sp³-hybridized carbons (Fsp3) is 0.455. The number of rotatable bonds is 4. The Labute approximate surface area is 88.7 Å². The average Bonchev–Trinajstić information content (AvgIpc) is 2.27. The van der Waals surface area contributed by atoms with Crippen LogP contribution in [0.15, 0.2) is 18.2 Å². The minimum atomic E-state index is -1.30. The van der Waals surface area contributed by atoms with Gasteiger partial charge in [-0.3, -0.25) is 0 Å². The van der Waals surface area contributed by atoms with Crippen LogP contribution in [0.2, 0.25) is 0 Å². The molecule has 1 unspecified atom stereocenters. The lowest BCUT2D eigenvalue weighted by molar-refractivity contribution is 0.0381. The molecule has 0 aliphatic heterocycles. The molecule has 0 aromatic heterocycles. The quantitative estimate of drug-likeness (QED) is 0.794. The van der Waals surface area contributed by atoms with Crippen LogP contribution < -0.4 is 10.5 Å². The molecular weight excluding hydrogens is 197 g/mol. The van der Waals surface area contributed by atoms with Gasteiger partial charge in [0.15, 0.2) is 0 Å². The molecule has 0 aliphatic carbocycles. The molecule has 0 heterocycles. The summed E-state index contributed by atoms with van der Waals surface area (Å²) in [5, 5.41) is 10.0. The van der Waals surface area contributed by atoms with Gasteiger partial charge < -0.3 is 15.6 Å². The van der Waals surface area contributed by atoms with Gasteiger partial charge >= 0.3 is 0 Å². The highest BCUT2D eigenvalue weighted by molar-refractivity contribution is 5.32. The Morgan fingerprint density at radius 1 is 1.53 bits per heavy atom. The lowest BCUT2D eigenvalue weighted by atomic mass is 9.91. The summed E-state index contributed by atoms with van der Waals surface area (Å²) in [6.45, 7) is 1.75. The summed E-state index contributed by atoms with van der Waals surface area (Å²) in [4.78, 5) is 0. The van der Waals surface area contributed by atoms with Crippen molar-refractivity contribution in [1.82, 2.24) is 0 Å². The van der Waals surface area contributed by atoms with E-state index in [0.29, 0.717) is 12.2 Å². The number of nitrogens with two attached hydrogens (primary N) is 1. The van der Waals surface area contributed by atoms with E-state index in [-0.39, 0.29) is 12.1 Å². The molecule has 84 valence electrons. The molecule has 0 saturated carbocycles. The van der Waals surface area contributed by atoms with Gasteiger partial charge in [0, 0.05) is 18.2 Å². The van der Waals surface area contributed by atoms with Gasteiger partial charge in [0.1, 0.15) is 17.2 Å². The second kappa shape index (κ2) is 4.59. The van der Waals surface area contributed by atoms with Gasteiger partial charge in [0.05, 0.1) is 7.11 Å². The van der Waals surface area contributed by atoms with Crippen molar-refractivity contribution >= 4 is 0 Å². The highest BCUT2D eigenvalue weighted by Crippen LogP contribution is 2.28. The summed E-state index contributed by atoms with van der Waals surface area (Å²) in [5.74, 6) is -0.0733. The third-order valence-corrected chi connectivity index (χ3v) is 2.60. The third-order valence-electron chi connectivity index (χ3n) is 2.60. The van der Waals surface area contributed by atoms with E-state index in [2.05, 4.69) is 0 Å². The van der Waals surface area contributed by atoms with Crippen LogP contribution in [0.1, 0.15) is 18.9 Å². The van der Waals surface area contributed by atoms with Crippen molar-refractivity contribution in [2.75, 3.05) is 13.7 Å². The zero-order valence-corrected chi connectivity index (χ0v) is 8.96. The predicted molar refractivity (Wildman–Crippen MR) is 56.2 cm³/mol. The van der Waals surface area contributed by atoms with Crippen molar-refractivity contribution in [2.45, 2.75) is 18.9 Å². The second-order valence-electron chi connectivity index (χ2n) is 3.44. The van der Waals surface area contributed by atoms with Crippen LogP contribution in [0.25, 0.3) is 0 Å².